The molecule has 0 radical (unpaired) electrons. The third kappa shape index (κ3) is 14.6. The van der Waals surface area contributed by atoms with Gasteiger partial charge in [-0.25, -0.2) is 0 Å². The lowest BCUT2D eigenvalue weighted by molar-refractivity contribution is 1.79. The molecule has 360 valence electrons. The quantitative estimate of drug-likeness (QED) is 0.142. The van der Waals surface area contributed by atoms with Crippen LogP contribution in [0.3, 0.4) is 0 Å². The SMILES string of the molecule is c1c2cccc(c#cc3cccc(c#cc4cccc(c#cc5cccc(c#cc6cccc(c#cc7cccc(c#cc8cccc(c#cc9cccc(c#cc%10cccc(c#cc%11cccc(c#1)c%11)c%10)c9)c8)c7)c6)c5)c4)c3)c2. The van der Waals surface area contributed by atoms with Crippen molar-refractivity contribution < 1.29 is 0 Å². The van der Waals surface area contributed by atoms with E-state index in [1.807, 2.05) is 243 Å². The molecule has 0 amide bonds. The van der Waals surface area contributed by atoms with Gasteiger partial charge in [-0.15, -0.1) is 0 Å². The summed E-state index contributed by atoms with van der Waals surface area (Å²) >= 11 is 0. The molecule has 0 heterocycles. The van der Waals surface area contributed by atoms with Gasteiger partial charge < -0.3 is 0 Å². The topological polar surface area (TPSA) is 0 Å². The van der Waals surface area contributed by atoms with Gasteiger partial charge in [0.15, 0.2) is 0 Å². The van der Waals surface area contributed by atoms with Crippen LogP contribution in [-0.2, 0) is 0 Å². The van der Waals surface area contributed by atoms with Gasteiger partial charge in [0, 0.05) is 108 Å². The zero-order valence-electron chi connectivity index (χ0n) is 43.1. The fourth-order valence-electron chi connectivity index (χ4n) is 8.19. The first kappa shape index (κ1) is 50.0. The average molecular weight is 1000 g/mol. The zero-order chi connectivity index (χ0) is 54.0. The molecule has 11 rings (SSSR count). The summed E-state index contributed by atoms with van der Waals surface area (Å²) in [4.78, 5) is 0. The number of fused-ring (bicyclic) bond motifs is 20. The molecule has 0 aliphatic rings. The Morgan fingerprint density at radius 3 is 0.225 bits per heavy atom. The highest BCUT2D eigenvalue weighted by atomic mass is 13.9. The molecule has 0 saturated heterocycles. The van der Waals surface area contributed by atoms with Gasteiger partial charge in [0.1, 0.15) is 0 Å². The highest BCUT2D eigenvalue weighted by Gasteiger charge is 1.90. The molecule has 20 bridgehead atoms. The number of benzene rings is 10. The highest BCUT2D eigenvalue weighted by molar-refractivity contribution is 5.73. The largest absolute Gasteiger partial charge is 0.0616 e. The van der Waals surface area contributed by atoms with E-state index in [0.29, 0.717) is 0 Å². The van der Waals surface area contributed by atoms with E-state index in [1.165, 1.54) is 0 Å². The molecule has 11 aromatic rings. The second-order valence-electron chi connectivity index (χ2n) is 18.3. The third-order valence-electron chi connectivity index (χ3n) is 12.1. The van der Waals surface area contributed by atoms with Gasteiger partial charge in [0.25, 0.3) is 0 Å². The summed E-state index contributed by atoms with van der Waals surface area (Å²) in [5, 5.41) is 17.4. The third-order valence-corrected chi connectivity index (χ3v) is 12.1. The van der Waals surface area contributed by atoms with Gasteiger partial charge in [0.2, 0.25) is 0 Å². The van der Waals surface area contributed by atoms with E-state index in [2.05, 4.69) is 121 Å². The molecule has 11 aromatic carbocycles. The van der Waals surface area contributed by atoms with E-state index >= 15 is 0 Å². The summed E-state index contributed by atoms with van der Waals surface area (Å²) in [6, 6.07) is 146. The minimum Gasteiger partial charge on any atom is -0.0616 e. The fraction of sp³-hybridized carbons (Fsp3) is 0. The molecule has 0 spiro atoms. The maximum Gasteiger partial charge on any atom is 0.0261 e. The van der Waals surface area contributed by atoms with Crippen molar-refractivity contribution >= 4 is 108 Å². The van der Waals surface area contributed by atoms with Crippen LogP contribution in [0.4, 0.5) is 0 Å². The van der Waals surface area contributed by atoms with Crippen molar-refractivity contribution in [3.63, 3.8) is 0 Å². The summed E-state index contributed by atoms with van der Waals surface area (Å²) in [5.41, 5.74) is 0. The first-order valence-electron chi connectivity index (χ1n) is 25.7. The smallest absolute Gasteiger partial charge is 0.0261 e. The maximum atomic E-state index is 3.31. The molecule has 0 unspecified atom stereocenters. The second-order valence-corrected chi connectivity index (χ2v) is 18.3. The summed E-state index contributed by atoms with van der Waals surface area (Å²) in [6.45, 7) is 0. The standard InChI is InChI=1S/C80H40/c1-11-61-31-33-63-13-2-15-65(52-63)35-37-67-17-4-19-69(54-67)39-41-71-21-6-23-73(56-71)43-45-75-25-8-27-77(58-75)47-49-79-29-10-30-80(60-79)50-48-78-28-9-26-76(59-78)46-44-74-24-7-22-72(57-74)42-40-70-20-5-18-68(55-70)38-36-66-16-3-14-64(53-66)34-32-62(12-1)51-61/h1-30,51-60H. The molecule has 0 heteroatoms. The Labute approximate surface area is 469 Å². The van der Waals surface area contributed by atoms with Crippen LogP contribution >= 0.6 is 0 Å². The van der Waals surface area contributed by atoms with Gasteiger partial charge >= 0.3 is 0 Å². The summed E-state index contributed by atoms with van der Waals surface area (Å²) in [6.07, 6.45) is 0. The predicted octanol–water partition coefficient (Wildman–Crippen LogP) is 18.8. The molecule has 0 aliphatic heterocycles. The van der Waals surface area contributed by atoms with Gasteiger partial charge in [-0.3, -0.25) is 0 Å². The van der Waals surface area contributed by atoms with Crippen molar-refractivity contribution in [2.45, 2.75) is 0 Å². The molecule has 0 aromatic heterocycles. The zero-order valence-corrected chi connectivity index (χ0v) is 43.1. The molecule has 80 heavy (non-hydrogen) atoms. The number of hydrogen-bond acceptors (Lipinski definition) is 0. The molecular weight excluding hydrogens is 961 g/mol. The van der Waals surface area contributed by atoms with Crippen molar-refractivity contribution in [2.75, 3.05) is 0 Å². The molecule has 0 aliphatic carbocycles. The van der Waals surface area contributed by atoms with Gasteiger partial charge in [-0.1, -0.05) is 182 Å². The summed E-state index contributed by atoms with van der Waals surface area (Å²) in [5.74, 6) is 0. The minimum absolute atomic E-state index is 0.869. The Hall–Kier alpha value is -12.2. The maximum absolute atomic E-state index is 3.31. The molecular formula is C80H40. The van der Waals surface area contributed by atoms with E-state index in [-0.39, 0.29) is 0 Å². The summed E-state index contributed by atoms with van der Waals surface area (Å²) < 4.78 is 0. The van der Waals surface area contributed by atoms with Crippen LogP contribution < -0.4 is 0 Å². The lowest BCUT2D eigenvalue weighted by Gasteiger charge is -1.86. The van der Waals surface area contributed by atoms with E-state index in [0.717, 1.165) is 108 Å². The van der Waals surface area contributed by atoms with Crippen LogP contribution in [0.1, 0.15) is 0 Å². The second kappa shape index (κ2) is 24.9. The average Bonchev–Trinajstić information content (AvgIpc) is 3.51. The monoisotopic (exact) mass is 1000 g/mol. The minimum atomic E-state index is 0.869. The fourth-order valence-corrected chi connectivity index (χ4v) is 8.19. The number of rotatable bonds is 0. The van der Waals surface area contributed by atoms with Crippen molar-refractivity contribution in [3.05, 3.63) is 364 Å². The molecule has 0 atom stereocenters. The van der Waals surface area contributed by atoms with Crippen molar-refractivity contribution in [3.8, 4) is 0 Å². The van der Waals surface area contributed by atoms with Crippen LogP contribution in [0.25, 0.3) is 108 Å². The molecule has 0 nitrogen and oxygen atoms in total. The van der Waals surface area contributed by atoms with E-state index < -0.39 is 0 Å². The van der Waals surface area contributed by atoms with Crippen LogP contribution in [-0.4, -0.2) is 0 Å². The Kier molecular flexibility index (Phi) is 15.5. The van der Waals surface area contributed by atoms with E-state index in [9.17, 15) is 0 Å². The van der Waals surface area contributed by atoms with Gasteiger partial charge in [-0.2, -0.15) is 0 Å². The molecule has 0 N–H and O–H groups in total. The lowest BCUT2D eigenvalue weighted by Crippen LogP contribution is -1.65. The Morgan fingerprint density at radius 2 is 0.163 bits per heavy atom. The Morgan fingerprint density at radius 1 is 0.100 bits per heavy atom. The van der Waals surface area contributed by atoms with Crippen LogP contribution in [0, 0.1) is 121 Å². The Balaban J connectivity index is 0.961. The first-order chi connectivity index (χ1) is 39.5. The van der Waals surface area contributed by atoms with Crippen molar-refractivity contribution in [2.24, 2.45) is 0 Å². The molecule has 0 fully saturated rings. The van der Waals surface area contributed by atoms with Gasteiger partial charge in [0.05, 0.1) is 0 Å². The van der Waals surface area contributed by atoms with Crippen LogP contribution in [0.2, 0.25) is 0 Å². The van der Waals surface area contributed by atoms with Crippen LogP contribution in [0.5, 0.6) is 0 Å². The van der Waals surface area contributed by atoms with E-state index in [4.69, 9.17) is 0 Å². The predicted molar refractivity (Wildman–Crippen MR) is 328 cm³/mol. The van der Waals surface area contributed by atoms with Crippen molar-refractivity contribution in [1.82, 2.24) is 0 Å². The van der Waals surface area contributed by atoms with Gasteiger partial charge in [-0.05, 0) is 182 Å². The number of hydrogen-bond donors (Lipinski definition) is 0. The Bertz CT molecular complexity index is 3480. The normalized spacial score (nSPS) is 9.50. The van der Waals surface area contributed by atoms with Crippen molar-refractivity contribution in [1.29, 1.82) is 0 Å². The lowest BCUT2D eigenvalue weighted by atomic mass is 10.2. The highest BCUT2D eigenvalue weighted by Crippen LogP contribution is 2.12. The van der Waals surface area contributed by atoms with Crippen LogP contribution in [0.15, 0.2) is 243 Å². The van der Waals surface area contributed by atoms with E-state index in [1.54, 1.807) is 0 Å². The summed E-state index contributed by atoms with van der Waals surface area (Å²) in [7, 11) is 0. The first-order valence-corrected chi connectivity index (χ1v) is 25.7. The molecule has 0 saturated carbocycles.